The first kappa shape index (κ1) is 15.3. The smallest absolute Gasteiger partial charge is 0.326 e. The topological polar surface area (TPSA) is 81.9 Å². The van der Waals surface area contributed by atoms with Crippen LogP contribution in [0.1, 0.15) is 20.8 Å². The lowest BCUT2D eigenvalue weighted by Gasteiger charge is -2.25. The number of hydrogen-bond acceptors (Lipinski definition) is 5. The van der Waals surface area contributed by atoms with E-state index in [0.29, 0.717) is 11.4 Å². The number of amides is 1. The van der Waals surface area contributed by atoms with Gasteiger partial charge in [0.05, 0.1) is 5.69 Å². The molecular weight excluding hydrogens is 272 g/mol. The second-order valence-corrected chi connectivity index (χ2v) is 5.90. The first-order valence-corrected chi connectivity index (χ1v) is 6.78. The van der Waals surface area contributed by atoms with Gasteiger partial charge in [0.25, 0.3) is 0 Å². The zero-order valence-corrected chi connectivity index (χ0v) is 12.5. The van der Waals surface area contributed by atoms with Crippen LogP contribution in [-0.4, -0.2) is 36.7 Å². The van der Waals surface area contributed by atoms with Gasteiger partial charge in [0.15, 0.2) is 0 Å². The summed E-state index contributed by atoms with van der Waals surface area (Å²) < 4.78 is 10.8. The van der Waals surface area contributed by atoms with Crippen LogP contribution in [0.5, 0.6) is 5.75 Å². The summed E-state index contributed by atoms with van der Waals surface area (Å²) in [5.74, 6) is -0.312. The van der Waals surface area contributed by atoms with Crippen LogP contribution < -0.4 is 15.4 Å². The van der Waals surface area contributed by atoms with Crippen molar-refractivity contribution in [3.8, 4) is 5.75 Å². The first-order valence-electron chi connectivity index (χ1n) is 6.78. The van der Waals surface area contributed by atoms with E-state index in [4.69, 9.17) is 15.2 Å². The molecule has 114 valence electrons. The summed E-state index contributed by atoms with van der Waals surface area (Å²) in [6.07, 6.45) is 0. The van der Waals surface area contributed by atoms with E-state index in [0.717, 1.165) is 0 Å². The summed E-state index contributed by atoms with van der Waals surface area (Å²) in [7, 11) is 0. The highest BCUT2D eigenvalue weighted by atomic mass is 16.6. The van der Waals surface area contributed by atoms with Crippen LogP contribution in [0.15, 0.2) is 24.3 Å². The Morgan fingerprint density at radius 3 is 2.76 bits per heavy atom. The SMILES string of the molecule is CC(C)(C)OC(=O)CN1C(=O)C(N)COc2ccccc21. The summed E-state index contributed by atoms with van der Waals surface area (Å²) in [6.45, 7) is 5.22. The van der Waals surface area contributed by atoms with Gasteiger partial charge in [0.2, 0.25) is 5.91 Å². The van der Waals surface area contributed by atoms with Crippen LogP contribution in [0.2, 0.25) is 0 Å². The molecule has 1 unspecified atom stereocenters. The molecule has 0 saturated carbocycles. The Labute approximate surface area is 123 Å². The van der Waals surface area contributed by atoms with Crippen molar-refractivity contribution in [1.29, 1.82) is 0 Å². The molecular formula is C15H20N2O4. The molecule has 6 heteroatoms. The zero-order valence-electron chi connectivity index (χ0n) is 12.5. The number of anilines is 1. The van der Waals surface area contributed by atoms with Gasteiger partial charge in [0, 0.05) is 0 Å². The van der Waals surface area contributed by atoms with Gasteiger partial charge in [0.1, 0.15) is 30.5 Å². The number of benzene rings is 1. The molecule has 0 fully saturated rings. The monoisotopic (exact) mass is 292 g/mol. The summed E-state index contributed by atoms with van der Waals surface area (Å²) in [5.41, 5.74) is 5.70. The van der Waals surface area contributed by atoms with Crippen LogP contribution in [0.3, 0.4) is 0 Å². The van der Waals surface area contributed by atoms with E-state index in [-0.39, 0.29) is 19.1 Å². The van der Waals surface area contributed by atoms with Crippen LogP contribution >= 0.6 is 0 Å². The van der Waals surface area contributed by atoms with Gasteiger partial charge < -0.3 is 15.2 Å². The normalized spacial score (nSPS) is 18.6. The molecule has 6 nitrogen and oxygen atoms in total. The fourth-order valence-corrected chi connectivity index (χ4v) is 2.04. The van der Waals surface area contributed by atoms with Gasteiger partial charge in [-0.1, -0.05) is 12.1 Å². The van der Waals surface area contributed by atoms with Crippen LogP contribution in [0.4, 0.5) is 5.69 Å². The molecule has 1 atom stereocenters. The van der Waals surface area contributed by atoms with E-state index in [1.807, 2.05) is 0 Å². The minimum Gasteiger partial charge on any atom is -0.489 e. The van der Waals surface area contributed by atoms with Crippen molar-refractivity contribution in [3.63, 3.8) is 0 Å². The number of esters is 1. The molecule has 1 aliphatic rings. The second-order valence-electron chi connectivity index (χ2n) is 5.90. The number of fused-ring (bicyclic) bond motifs is 1. The minimum atomic E-state index is -0.806. The number of carbonyl (C=O) groups excluding carboxylic acids is 2. The molecule has 2 N–H and O–H groups in total. The number of ether oxygens (including phenoxy) is 2. The average molecular weight is 292 g/mol. The quantitative estimate of drug-likeness (QED) is 0.825. The van der Waals surface area contributed by atoms with Crippen LogP contribution in [-0.2, 0) is 14.3 Å². The largest absolute Gasteiger partial charge is 0.489 e. The molecule has 1 amide bonds. The van der Waals surface area contributed by atoms with E-state index >= 15 is 0 Å². The van der Waals surface area contributed by atoms with Gasteiger partial charge in [-0.05, 0) is 32.9 Å². The van der Waals surface area contributed by atoms with Crippen molar-refractivity contribution in [2.24, 2.45) is 5.73 Å². The van der Waals surface area contributed by atoms with Crippen molar-refractivity contribution < 1.29 is 19.1 Å². The van der Waals surface area contributed by atoms with E-state index in [9.17, 15) is 9.59 Å². The maximum Gasteiger partial charge on any atom is 0.326 e. The third-order valence-corrected chi connectivity index (χ3v) is 2.86. The molecule has 0 aliphatic carbocycles. The maximum atomic E-state index is 12.3. The Kier molecular flexibility index (Phi) is 4.18. The molecule has 0 spiro atoms. The predicted molar refractivity (Wildman–Crippen MR) is 78.1 cm³/mol. The molecule has 21 heavy (non-hydrogen) atoms. The molecule has 0 radical (unpaired) electrons. The number of hydrogen-bond donors (Lipinski definition) is 1. The van der Waals surface area contributed by atoms with Crippen molar-refractivity contribution >= 4 is 17.6 Å². The van der Waals surface area contributed by atoms with E-state index < -0.39 is 17.6 Å². The molecule has 2 rings (SSSR count). The average Bonchev–Trinajstić information content (AvgIpc) is 2.49. The Balaban J connectivity index is 2.26. The molecule has 1 aromatic carbocycles. The fourth-order valence-electron chi connectivity index (χ4n) is 2.04. The minimum absolute atomic E-state index is 0.0840. The molecule has 1 heterocycles. The van der Waals surface area contributed by atoms with Crippen molar-refractivity contribution in [2.75, 3.05) is 18.1 Å². The predicted octanol–water partition coefficient (Wildman–Crippen LogP) is 1.08. The van der Waals surface area contributed by atoms with Crippen molar-refractivity contribution in [2.45, 2.75) is 32.4 Å². The Morgan fingerprint density at radius 1 is 1.43 bits per heavy atom. The third-order valence-electron chi connectivity index (χ3n) is 2.86. The van der Waals surface area contributed by atoms with Crippen molar-refractivity contribution in [3.05, 3.63) is 24.3 Å². The van der Waals surface area contributed by atoms with Crippen LogP contribution in [0.25, 0.3) is 0 Å². The van der Waals surface area contributed by atoms with Gasteiger partial charge in [-0.3, -0.25) is 14.5 Å². The standard InChI is InChI=1S/C15H20N2O4/c1-15(2,3)21-13(18)8-17-11-6-4-5-7-12(11)20-9-10(16)14(17)19/h4-7,10H,8-9,16H2,1-3H3. The lowest BCUT2D eigenvalue weighted by molar-refractivity contribution is -0.153. The van der Waals surface area contributed by atoms with Gasteiger partial charge >= 0.3 is 5.97 Å². The fraction of sp³-hybridized carbons (Fsp3) is 0.467. The highest BCUT2D eigenvalue weighted by Gasteiger charge is 2.31. The lowest BCUT2D eigenvalue weighted by Crippen LogP contribution is -2.47. The molecule has 0 saturated heterocycles. The molecule has 0 aromatic heterocycles. The summed E-state index contributed by atoms with van der Waals surface area (Å²) in [4.78, 5) is 25.6. The third kappa shape index (κ3) is 3.72. The van der Waals surface area contributed by atoms with E-state index in [1.54, 1.807) is 45.0 Å². The first-order chi connectivity index (χ1) is 9.78. The van der Waals surface area contributed by atoms with Gasteiger partial charge in [-0.25, -0.2) is 0 Å². The lowest BCUT2D eigenvalue weighted by atomic mass is 10.2. The highest BCUT2D eigenvalue weighted by molar-refractivity contribution is 6.02. The zero-order chi connectivity index (χ0) is 15.6. The molecule has 0 bridgehead atoms. The van der Waals surface area contributed by atoms with Crippen molar-refractivity contribution in [1.82, 2.24) is 0 Å². The Morgan fingerprint density at radius 2 is 2.10 bits per heavy atom. The summed E-state index contributed by atoms with van der Waals surface area (Å²) >= 11 is 0. The number of rotatable bonds is 2. The maximum absolute atomic E-state index is 12.3. The molecule has 1 aliphatic heterocycles. The number of carbonyl (C=O) groups is 2. The van der Waals surface area contributed by atoms with E-state index in [1.165, 1.54) is 4.90 Å². The number of nitrogens with zero attached hydrogens (tertiary/aromatic N) is 1. The summed E-state index contributed by atoms with van der Waals surface area (Å²) in [6, 6.07) is 6.22. The highest BCUT2D eigenvalue weighted by Crippen LogP contribution is 2.30. The number of para-hydroxylation sites is 2. The van der Waals surface area contributed by atoms with Crippen LogP contribution in [0, 0.1) is 0 Å². The van der Waals surface area contributed by atoms with E-state index in [2.05, 4.69) is 0 Å². The second kappa shape index (κ2) is 5.73. The molecule has 1 aromatic rings. The Hall–Kier alpha value is -2.08. The summed E-state index contributed by atoms with van der Waals surface area (Å²) in [5, 5.41) is 0. The van der Waals surface area contributed by atoms with Gasteiger partial charge in [-0.15, -0.1) is 0 Å². The number of nitrogens with two attached hydrogens (primary N) is 1. The van der Waals surface area contributed by atoms with Gasteiger partial charge in [-0.2, -0.15) is 0 Å². The Bertz CT molecular complexity index is 551.